The zero-order valence-electron chi connectivity index (χ0n) is 11.7. The van der Waals surface area contributed by atoms with Gasteiger partial charge in [-0.3, -0.25) is 4.79 Å². The van der Waals surface area contributed by atoms with Crippen LogP contribution in [0.2, 0.25) is 0 Å². The van der Waals surface area contributed by atoms with Crippen LogP contribution < -0.4 is 15.8 Å². The van der Waals surface area contributed by atoms with Gasteiger partial charge in [-0.2, -0.15) is 0 Å². The van der Waals surface area contributed by atoms with E-state index in [0.29, 0.717) is 18.0 Å². The Kier molecular flexibility index (Phi) is 5.22. The number of nitrogens with two attached hydrogens (primary N) is 1. The molecule has 0 saturated heterocycles. The maximum absolute atomic E-state index is 11.8. The van der Waals surface area contributed by atoms with E-state index in [0.717, 1.165) is 15.7 Å². The number of ether oxygens (including phenoxy) is 1. The number of halogens is 1. The third-order valence-corrected chi connectivity index (χ3v) is 3.79. The maximum Gasteiger partial charge on any atom is 0.227 e. The van der Waals surface area contributed by atoms with Crippen molar-refractivity contribution in [2.45, 2.75) is 13.3 Å². The molecule has 0 aliphatic rings. The minimum absolute atomic E-state index is 0.0822. The van der Waals surface area contributed by atoms with E-state index < -0.39 is 0 Å². The summed E-state index contributed by atoms with van der Waals surface area (Å²) >= 11 is 3.44. The van der Waals surface area contributed by atoms with E-state index in [2.05, 4.69) is 21.2 Å². The fourth-order valence-corrected chi connectivity index (χ4v) is 2.10. The second-order valence-corrected chi connectivity index (χ2v) is 5.53. The molecule has 0 aromatic heterocycles. The third kappa shape index (κ3) is 4.79. The van der Waals surface area contributed by atoms with Crippen molar-refractivity contribution in [1.29, 1.82) is 0 Å². The summed E-state index contributed by atoms with van der Waals surface area (Å²) in [4.78, 5) is 11.8. The molecule has 1 amide bonds. The van der Waals surface area contributed by atoms with Gasteiger partial charge in [-0.15, -0.1) is 0 Å². The van der Waals surface area contributed by atoms with Crippen LogP contribution in [0.25, 0.3) is 0 Å². The number of nitrogen functional groups attached to an aromatic ring is 1. The van der Waals surface area contributed by atoms with Crippen molar-refractivity contribution in [3.8, 4) is 5.75 Å². The molecule has 0 aliphatic carbocycles. The molecule has 21 heavy (non-hydrogen) atoms. The summed E-state index contributed by atoms with van der Waals surface area (Å²) in [7, 11) is 0. The number of amides is 1. The van der Waals surface area contributed by atoms with Gasteiger partial charge in [-0.1, -0.05) is 22.0 Å². The van der Waals surface area contributed by atoms with E-state index in [4.69, 9.17) is 10.5 Å². The van der Waals surface area contributed by atoms with Gasteiger partial charge in [0.1, 0.15) is 5.75 Å². The zero-order valence-corrected chi connectivity index (χ0v) is 13.3. The van der Waals surface area contributed by atoms with E-state index >= 15 is 0 Å². The highest BCUT2D eigenvalue weighted by Gasteiger charge is 2.04. The van der Waals surface area contributed by atoms with E-state index in [-0.39, 0.29) is 12.3 Å². The summed E-state index contributed by atoms with van der Waals surface area (Å²) in [5, 5.41) is 2.84. The van der Waals surface area contributed by atoms with Crippen molar-refractivity contribution in [2.75, 3.05) is 17.7 Å². The molecular formula is C16H17BrN2O2. The Morgan fingerprint density at radius 2 is 1.95 bits per heavy atom. The highest BCUT2D eigenvalue weighted by Crippen LogP contribution is 2.20. The van der Waals surface area contributed by atoms with Crippen LogP contribution in [0.15, 0.2) is 46.9 Å². The number of nitrogens with one attached hydrogen (secondary N) is 1. The predicted octanol–water partition coefficient (Wildman–Crippen LogP) is 3.75. The van der Waals surface area contributed by atoms with Crippen molar-refractivity contribution < 1.29 is 9.53 Å². The van der Waals surface area contributed by atoms with E-state index in [1.165, 1.54) is 0 Å². The van der Waals surface area contributed by atoms with Gasteiger partial charge in [0.15, 0.2) is 0 Å². The van der Waals surface area contributed by atoms with Crippen LogP contribution in [0.5, 0.6) is 5.75 Å². The standard InChI is InChI=1S/C16H17BrN2O2/c1-11-2-5-13(10-15(11)17)19-16(20)8-9-21-14-6-3-12(18)4-7-14/h2-7,10H,8-9,18H2,1H3,(H,19,20). The van der Waals surface area contributed by atoms with Crippen molar-refractivity contribution >= 4 is 33.2 Å². The molecule has 0 atom stereocenters. The maximum atomic E-state index is 11.8. The Labute approximate surface area is 132 Å². The molecule has 0 spiro atoms. The Bertz CT molecular complexity index is 627. The van der Waals surface area contributed by atoms with Crippen LogP contribution in [0.4, 0.5) is 11.4 Å². The fraction of sp³-hybridized carbons (Fsp3) is 0.188. The summed E-state index contributed by atoms with van der Waals surface area (Å²) in [6.07, 6.45) is 0.288. The monoisotopic (exact) mass is 348 g/mol. The summed E-state index contributed by atoms with van der Waals surface area (Å²) < 4.78 is 6.46. The summed E-state index contributed by atoms with van der Waals surface area (Å²) in [5.41, 5.74) is 8.17. The highest BCUT2D eigenvalue weighted by molar-refractivity contribution is 9.10. The third-order valence-electron chi connectivity index (χ3n) is 2.93. The van der Waals surface area contributed by atoms with Crippen LogP contribution in [0.3, 0.4) is 0 Å². The number of benzene rings is 2. The van der Waals surface area contributed by atoms with E-state index in [9.17, 15) is 4.79 Å². The summed E-state index contributed by atoms with van der Waals surface area (Å²) in [5.74, 6) is 0.622. The molecule has 110 valence electrons. The first-order chi connectivity index (χ1) is 10.0. The number of anilines is 2. The molecule has 2 aromatic rings. The van der Waals surface area contributed by atoms with Crippen molar-refractivity contribution in [1.82, 2.24) is 0 Å². The predicted molar refractivity (Wildman–Crippen MR) is 88.5 cm³/mol. The first kappa shape index (κ1) is 15.4. The second-order valence-electron chi connectivity index (χ2n) is 4.68. The minimum Gasteiger partial charge on any atom is -0.493 e. The molecule has 0 fully saturated rings. The molecule has 0 heterocycles. The number of hydrogen-bond donors (Lipinski definition) is 2. The van der Waals surface area contributed by atoms with Gasteiger partial charge >= 0.3 is 0 Å². The van der Waals surface area contributed by atoms with Gasteiger partial charge in [0.05, 0.1) is 13.0 Å². The first-order valence-corrected chi connectivity index (χ1v) is 7.38. The van der Waals surface area contributed by atoms with Crippen LogP contribution in [-0.4, -0.2) is 12.5 Å². The van der Waals surface area contributed by atoms with Gasteiger partial charge in [-0.05, 0) is 48.9 Å². The van der Waals surface area contributed by atoms with Crippen LogP contribution in [0, 0.1) is 6.92 Å². The average Bonchev–Trinajstić information content (AvgIpc) is 2.45. The Morgan fingerprint density at radius 1 is 1.24 bits per heavy atom. The van der Waals surface area contributed by atoms with Crippen LogP contribution in [-0.2, 0) is 4.79 Å². The van der Waals surface area contributed by atoms with Gasteiger partial charge in [0, 0.05) is 15.8 Å². The van der Waals surface area contributed by atoms with Crippen LogP contribution >= 0.6 is 15.9 Å². The Hall–Kier alpha value is -2.01. The topological polar surface area (TPSA) is 64.3 Å². The lowest BCUT2D eigenvalue weighted by Crippen LogP contribution is -2.15. The van der Waals surface area contributed by atoms with Crippen LogP contribution in [0.1, 0.15) is 12.0 Å². The normalized spacial score (nSPS) is 10.2. The largest absolute Gasteiger partial charge is 0.493 e. The number of carbonyl (C=O) groups is 1. The molecule has 0 unspecified atom stereocenters. The number of hydrogen-bond acceptors (Lipinski definition) is 3. The van der Waals surface area contributed by atoms with E-state index in [1.807, 2.05) is 25.1 Å². The van der Waals surface area contributed by atoms with Crippen molar-refractivity contribution in [2.24, 2.45) is 0 Å². The molecule has 5 heteroatoms. The molecule has 4 nitrogen and oxygen atoms in total. The SMILES string of the molecule is Cc1ccc(NC(=O)CCOc2ccc(N)cc2)cc1Br. The van der Waals surface area contributed by atoms with E-state index in [1.54, 1.807) is 24.3 Å². The molecule has 0 aliphatic heterocycles. The lowest BCUT2D eigenvalue weighted by atomic mass is 10.2. The number of carbonyl (C=O) groups excluding carboxylic acids is 1. The van der Waals surface area contributed by atoms with Gasteiger partial charge < -0.3 is 15.8 Å². The molecule has 3 N–H and O–H groups in total. The second kappa shape index (κ2) is 7.13. The lowest BCUT2D eigenvalue weighted by Gasteiger charge is -2.08. The molecule has 0 radical (unpaired) electrons. The summed E-state index contributed by atoms with van der Waals surface area (Å²) in [6.45, 7) is 2.32. The van der Waals surface area contributed by atoms with Crippen molar-refractivity contribution in [3.63, 3.8) is 0 Å². The minimum atomic E-state index is -0.0822. The molecule has 2 aromatic carbocycles. The smallest absolute Gasteiger partial charge is 0.227 e. The Balaban J connectivity index is 1.79. The average molecular weight is 349 g/mol. The van der Waals surface area contributed by atoms with Gasteiger partial charge in [0.25, 0.3) is 0 Å². The number of aryl methyl sites for hydroxylation is 1. The van der Waals surface area contributed by atoms with Gasteiger partial charge in [0.2, 0.25) is 5.91 Å². The molecule has 0 bridgehead atoms. The highest BCUT2D eigenvalue weighted by atomic mass is 79.9. The quantitative estimate of drug-likeness (QED) is 0.808. The lowest BCUT2D eigenvalue weighted by molar-refractivity contribution is -0.116. The molecular weight excluding hydrogens is 332 g/mol. The number of rotatable bonds is 5. The first-order valence-electron chi connectivity index (χ1n) is 6.59. The van der Waals surface area contributed by atoms with Crippen molar-refractivity contribution in [3.05, 3.63) is 52.5 Å². The molecule has 0 saturated carbocycles. The summed E-state index contributed by atoms with van der Waals surface area (Å²) in [6, 6.07) is 12.8. The fourth-order valence-electron chi connectivity index (χ4n) is 1.72. The Morgan fingerprint density at radius 3 is 2.62 bits per heavy atom. The zero-order chi connectivity index (χ0) is 15.2. The molecule has 2 rings (SSSR count). The van der Waals surface area contributed by atoms with Gasteiger partial charge in [-0.25, -0.2) is 0 Å².